The van der Waals surface area contributed by atoms with Gasteiger partial charge in [0, 0.05) is 18.8 Å². The summed E-state index contributed by atoms with van der Waals surface area (Å²) in [6, 6.07) is 6.16. The first-order valence-corrected chi connectivity index (χ1v) is 7.39. The van der Waals surface area contributed by atoms with E-state index < -0.39 is 0 Å². The van der Waals surface area contributed by atoms with Crippen LogP contribution < -0.4 is 11.1 Å². The van der Waals surface area contributed by atoms with E-state index in [4.69, 9.17) is 5.73 Å². The second-order valence-corrected chi connectivity index (χ2v) is 5.68. The van der Waals surface area contributed by atoms with Crippen LogP contribution in [0, 0.1) is 19.8 Å². The number of rotatable bonds is 4. The number of benzene rings is 1. The minimum absolute atomic E-state index is 0.183. The number of carbonyl (C=O) groups is 1. The molecular weight excluding hydrogens is 250 g/mol. The van der Waals surface area contributed by atoms with Gasteiger partial charge in [-0.3, -0.25) is 4.79 Å². The number of anilines is 1. The molecule has 1 aliphatic heterocycles. The van der Waals surface area contributed by atoms with Gasteiger partial charge in [-0.1, -0.05) is 18.2 Å². The number of nitrogens with one attached hydrogen (secondary N) is 1. The molecule has 3 N–H and O–H groups in total. The molecule has 1 aliphatic rings. The van der Waals surface area contributed by atoms with Gasteiger partial charge in [0.2, 0.25) is 5.91 Å². The van der Waals surface area contributed by atoms with E-state index in [1.165, 1.54) is 11.1 Å². The molecule has 4 nitrogen and oxygen atoms in total. The predicted molar refractivity (Wildman–Crippen MR) is 82.8 cm³/mol. The van der Waals surface area contributed by atoms with Gasteiger partial charge in [0.15, 0.2) is 0 Å². The third kappa shape index (κ3) is 3.51. The van der Waals surface area contributed by atoms with Crippen LogP contribution in [-0.4, -0.2) is 37.0 Å². The van der Waals surface area contributed by atoms with E-state index in [0.717, 1.165) is 38.2 Å². The molecular formula is C16H25N3O. The molecule has 0 atom stereocenters. The molecule has 0 saturated carbocycles. The molecule has 4 heteroatoms. The highest BCUT2D eigenvalue weighted by atomic mass is 16.2. The minimum atomic E-state index is 0.183. The Kier molecular flexibility index (Phi) is 5.01. The van der Waals surface area contributed by atoms with Crippen molar-refractivity contribution in [3.8, 4) is 0 Å². The van der Waals surface area contributed by atoms with Crippen molar-refractivity contribution < 1.29 is 4.79 Å². The lowest BCUT2D eigenvalue weighted by molar-refractivity contribution is -0.130. The lowest BCUT2D eigenvalue weighted by atomic mass is 9.97. The fourth-order valence-electron chi connectivity index (χ4n) is 2.79. The Morgan fingerprint density at radius 1 is 1.30 bits per heavy atom. The summed E-state index contributed by atoms with van der Waals surface area (Å²) in [5, 5.41) is 3.29. The number of para-hydroxylation sites is 1. The summed E-state index contributed by atoms with van der Waals surface area (Å²) in [5.41, 5.74) is 9.12. The van der Waals surface area contributed by atoms with Crippen molar-refractivity contribution in [3.05, 3.63) is 29.3 Å². The van der Waals surface area contributed by atoms with E-state index in [9.17, 15) is 4.79 Å². The zero-order valence-electron chi connectivity index (χ0n) is 12.5. The average Bonchev–Trinajstić information content (AvgIpc) is 2.46. The molecule has 1 aromatic carbocycles. The molecule has 0 bridgehead atoms. The van der Waals surface area contributed by atoms with Gasteiger partial charge >= 0.3 is 0 Å². The largest absolute Gasteiger partial charge is 0.376 e. The van der Waals surface area contributed by atoms with E-state index in [0.29, 0.717) is 12.5 Å². The summed E-state index contributed by atoms with van der Waals surface area (Å²) >= 11 is 0. The number of aryl methyl sites for hydroxylation is 2. The Morgan fingerprint density at radius 3 is 2.45 bits per heavy atom. The summed E-state index contributed by atoms with van der Waals surface area (Å²) < 4.78 is 0. The first-order valence-electron chi connectivity index (χ1n) is 7.39. The fourth-order valence-corrected chi connectivity index (χ4v) is 2.79. The van der Waals surface area contributed by atoms with E-state index in [1.807, 2.05) is 11.0 Å². The van der Waals surface area contributed by atoms with Crippen LogP contribution in [0.5, 0.6) is 0 Å². The van der Waals surface area contributed by atoms with Gasteiger partial charge < -0.3 is 16.0 Å². The Morgan fingerprint density at radius 2 is 1.90 bits per heavy atom. The Labute approximate surface area is 121 Å². The summed E-state index contributed by atoms with van der Waals surface area (Å²) in [7, 11) is 0. The number of hydrogen-bond donors (Lipinski definition) is 2. The predicted octanol–water partition coefficient (Wildman–Crippen LogP) is 1.91. The smallest absolute Gasteiger partial charge is 0.241 e. The number of nitrogens with two attached hydrogens (primary N) is 1. The summed E-state index contributed by atoms with van der Waals surface area (Å²) in [5.74, 6) is 0.772. The van der Waals surface area contributed by atoms with Gasteiger partial charge in [0.25, 0.3) is 0 Å². The number of hydrogen-bond acceptors (Lipinski definition) is 3. The first kappa shape index (κ1) is 14.9. The number of piperidine rings is 1. The Balaban J connectivity index is 1.87. The van der Waals surface area contributed by atoms with Gasteiger partial charge in [0.05, 0.1) is 6.54 Å². The van der Waals surface area contributed by atoms with Gasteiger partial charge in [-0.2, -0.15) is 0 Å². The van der Waals surface area contributed by atoms with Crippen molar-refractivity contribution in [3.63, 3.8) is 0 Å². The molecule has 20 heavy (non-hydrogen) atoms. The monoisotopic (exact) mass is 275 g/mol. The Bertz CT molecular complexity index is 445. The lowest BCUT2D eigenvalue weighted by Crippen LogP contribution is -2.42. The van der Waals surface area contributed by atoms with Crippen LogP contribution >= 0.6 is 0 Å². The lowest BCUT2D eigenvalue weighted by Gasteiger charge is -2.31. The van der Waals surface area contributed by atoms with E-state index >= 15 is 0 Å². The molecule has 2 rings (SSSR count). The number of nitrogens with zero attached hydrogens (tertiary/aromatic N) is 1. The van der Waals surface area contributed by atoms with Crippen LogP contribution in [-0.2, 0) is 4.79 Å². The maximum absolute atomic E-state index is 12.2. The molecule has 1 amide bonds. The molecule has 110 valence electrons. The maximum atomic E-state index is 12.2. The number of likely N-dealkylation sites (tertiary alicyclic amines) is 1. The molecule has 0 unspecified atom stereocenters. The summed E-state index contributed by atoms with van der Waals surface area (Å²) in [6.07, 6.45) is 2.07. The van der Waals surface area contributed by atoms with Gasteiger partial charge in [-0.25, -0.2) is 0 Å². The minimum Gasteiger partial charge on any atom is -0.376 e. The SMILES string of the molecule is Cc1cccc(C)c1NCC(=O)N1CCC(CN)CC1. The van der Waals surface area contributed by atoms with Crippen molar-refractivity contribution in [2.75, 3.05) is 31.5 Å². The zero-order chi connectivity index (χ0) is 14.5. The third-order valence-electron chi connectivity index (χ3n) is 4.20. The van der Waals surface area contributed by atoms with Crippen molar-refractivity contribution in [1.82, 2.24) is 4.90 Å². The van der Waals surface area contributed by atoms with Crippen molar-refractivity contribution in [1.29, 1.82) is 0 Å². The standard InChI is InChI=1S/C16H25N3O/c1-12-4-3-5-13(2)16(12)18-11-15(20)19-8-6-14(10-17)7-9-19/h3-5,14,18H,6-11,17H2,1-2H3. The summed E-state index contributed by atoms with van der Waals surface area (Å²) in [6.45, 7) is 6.92. The molecule has 0 aromatic heterocycles. The maximum Gasteiger partial charge on any atom is 0.241 e. The molecule has 1 aromatic rings. The molecule has 0 radical (unpaired) electrons. The number of amides is 1. The highest BCUT2D eigenvalue weighted by Gasteiger charge is 2.21. The topological polar surface area (TPSA) is 58.4 Å². The molecule has 1 fully saturated rings. The van der Waals surface area contributed by atoms with Crippen LogP contribution in [0.15, 0.2) is 18.2 Å². The van der Waals surface area contributed by atoms with Crippen molar-refractivity contribution in [2.24, 2.45) is 11.7 Å². The van der Waals surface area contributed by atoms with E-state index in [1.54, 1.807) is 0 Å². The molecule has 0 spiro atoms. The summed E-state index contributed by atoms with van der Waals surface area (Å²) in [4.78, 5) is 14.2. The van der Waals surface area contributed by atoms with Gasteiger partial charge in [0.1, 0.15) is 0 Å². The Hall–Kier alpha value is -1.55. The van der Waals surface area contributed by atoms with Crippen molar-refractivity contribution in [2.45, 2.75) is 26.7 Å². The molecule has 0 aliphatic carbocycles. The van der Waals surface area contributed by atoms with Crippen molar-refractivity contribution >= 4 is 11.6 Å². The van der Waals surface area contributed by atoms with E-state index in [2.05, 4.69) is 31.3 Å². The van der Waals surface area contributed by atoms with E-state index in [-0.39, 0.29) is 5.91 Å². The number of carbonyl (C=O) groups excluding carboxylic acids is 1. The molecule has 1 heterocycles. The van der Waals surface area contributed by atoms with Gasteiger partial charge in [-0.05, 0) is 50.3 Å². The van der Waals surface area contributed by atoms with Crippen LogP contribution in [0.25, 0.3) is 0 Å². The normalized spacial score (nSPS) is 16.2. The third-order valence-corrected chi connectivity index (χ3v) is 4.20. The first-order chi connectivity index (χ1) is 9.61. The van der Waals surface area contributed by atoms with Crippen LogP contribution in [0.2, 0.25) is 0 Å². The molecule has 1 saturated heterocycles. The van der Waals surface area contributed by atoms with Gasteiger partial charge in [-0.15, -0.1) is 0 Å². The highest BCUT2D eigenvalue weighted by Crippen LogP contribution is 2.20. The zero-order valence-corrected chi connectivity index (χ0v) is 12.5. The quantitative estimate of drug-likeness (QED) is 0.882. The highest BCUT2D eigenvalue weighted by molar-refractivity contribution is 5.81. The van der Waals surface area contributed by atoms with Crippen LogP contribution in [0.3, 0.4) is 0 Å². The fraction of sp³-hybridized carbons (Fsp3) is 0.562. The van der Waals surface area contributed by atoms with Crippen LogP contribution in [0.4, 0.5) is 5.69 Å². The second kappa shape index (κ2) is 6.75. The average molecular weight is 275 g/mol. The second-order valence-electron chi connectivity index (χ2n) is 5.68. The van der Waals surface area contributed by atoms with Crippen LogP contribution in [0.1, 0.15) is 24.0 Å².